The Labute approximate surface area is 116 Å². The minimum Gasteiger partial charge on any atom is -0.465 e. The molecule has 2 N–H and O–H groups in total. The van der Waals surface area contributed by atoms with Crippen molar-refractivity contribution >= 4 is 5.91 Å². The normalized spacial score (nSPS) is 11.9. The average molecular weight is 276 g/mol. The Morgan fingerprint density at radius 3 is 2.80 bits per heavy atom. The Morgan fingerprint density at radius 1 is 1.45 bits per heavy atom. The number of hydrogen-bond acceptors (Lipinski definition) is 5. The average Bonchev–Trinajstić information content (AvgIpc) is 2.89. The highest BCUT2D eigenvalue weighted by Gasteiger charge is 2.14. The smallest absolute Gasteiger partial charge is 0.258 e. The number of rotatable bonds is 6. The molecule has 1 aromatic heterocycles. The molecule has 0 spiro atoms. The molecule has 0 fully saturated rings. The molecule has 0 bridgehead atoms. The van der Waals surface area contributed by atoms with Gasteiger partial charge in [-0.3, -0.25) is 4.79 Å². The number of amides is 1. The molecule has 20 heavy (non-hydrogen) atoms. The quantitative estimate of drug-likeness (QED) is 0.828. The Kier molecular flexibility index (Phi) is 4.73. The van der Waals surface area contributed by atoms with Gasteiger partial charge in [-0.25, -0.2) is 0 Å². The molecule has 0 aliphatic heterocycles. The topological polar surface area (TPSA) is 84.6 Å². The summed E-state index contributed by atoms with van der Waals surface area (Å²) in [6.45, 7) is 1.37. The third kappa shape index (κ3) is 3.83. The molecule has 106 valence electrons. The molecule has 1 aromatic carbocycles. The number of nitrogens with zero attached hydrogens (tertiary/aromatic N) is 1. The molecule has 0 saturated carbocycles. The molecule has 0 aliphatic rings. The van der Waals surface area contributed by atoms with Gasteiger partial charge in [0.15, 0.2) is 6.61 Å². The number of aliphatic hydroxyl groups is 1. The van der Waals surface area contributed by atoms with Crippen LogP contribution in [0.4, 0.5) is 0 Å². The van der Waals surface area contributed by atoms with Gasteiger partial charge in [0.2, 0.25) is 0 Å². The van der Waals surface area contributed by atoms with Crippen molar-refractivity contribution in [2.24, 2.45) is 0 Å². The highest BCUT2D eigenvalue weighted by atomic mass is 16.5. The zero-order valence-electron chi connectivity index (χ0n) is 11.1. The number of ether oxygens (including phenoxy) is 1. The maximum atomic E-state index is 11.8. The fourth-order valence-corrected chi connectivity index (χ4v) is 1.71. The Bertz CT molecular complexity index is 553. The molecule has 0 saturated heterocycles. The first kappa shape index (κ1) is 14.1. The van der Waals surface area contributed by atoms with Crippen molar-refractivity contribution in [3.63, 3.8) is 0 Å². The lowest BCUT2D eigenvalue weighted by Gasteiger charge is -2.16. The zero-order valence-corrected chi connectivity index (χ0v) is 11.1. The highest BCUT2D eigenvalue weighted by molar-refractivity contribution is 5.78. The monoisotopic (exact) mass is 276 g/mol. The zero-order chi connectivity index (χ0) is 14.4. The lowest BCUT2D eigenvalue weighted by atomic mass is 10.1. The van der Waals surface area contributed by atoms with Crippen molar-refractivity contribution in [2.75, 3.05) is 13.2 Å². The van der Waals surface area contributed by atoms with E-state index in [-0.39, 0.29) is 25.0 Å². The van der Waals surface area contributed by atoms with Crippen molar-refractivity contribution in [3.05, 3.63) is 47.7 Å². The van der Waals surface area contributed by atoms with Crippen LogP contribution in [-0.4, -0.2) is 29.4 Å². The number of hydrogen-bond donors (Lipinski definition) is 2. The van der Waals surface area contributed by atoms with E-state index in [2.05, 4.69) is 10.5 Å². The van der Waals surface area contributed by atoms with Crippen LogP contribution in [-0.2, 0) is 4.79 Å². The van der Waals surface area contributed by atoms with E-state index in [1.165, 1.54) is 0 Å². The van der Waals surface area contributed by atoms with Crippen molar-refractivity contribution in [1.82, 2.24) is 10.5 Å². The number of nitrogens with one attached hydrogen (secondary N) is 1. The second-order valence-electron chi connectivity index (χ2n) is 4.28. The third-order valence-electron chi connectivity index (χ3n) is 2.68. The molecule has 1 atom stereocenters. The lowest BCUT2D eigenvalue weighted by Crippen LogP contribution is -2.34. The Balaban J connectivity index is 1.86. The van der Waals surface area contributed by atoms with Gasteiger partial charge in [-0.1, -0.05) is 30.3 Å². The van der Waals surface area contributed by atoms with Crippen molar-refractivity contribution in [3.8, 4) is 5.88 Å². The number of carbonyl (C=O) groups is 1. The summed E-state index contributed by atoms with van der Waals surface area (Å²) in [5, 5.41) is 15.6. The van der Waals surface area contributed by atoms with E-state index >= 15 is 0 Å². The summed E-state index contributed by atoms with van der Waals surface area (Å²) in [4.78, 5) is 11.8. The van der Waals surface area contributed by atoms with Crippen molar-refractivity contribution in [2.45, 2.75) is 13.0 Å². The van der Waals surface area contributed by atoms with Gasteiger partial charge in [0.25, 0.3) is 11.8 Å². The summed E-state index contributed by atoms with van der Waals surface area (Å²) in [6, 6.07) is 10.4. The summed E-state index contributed by atoms with van der Waals surface area (Å²) in [6.07, 6.45) is 0. The Hall–Kier alpha value is -2.34. The largest absolute Gasteiger partial charge is 0.465 e. The van der Waals surface area contributed by atoms with E-state index in [1.54, 1.807) is 13.0 Å². The van der Waals surface area contributed by atoms with Crippen LogP contribution in [0.5, 0.6) is 5.88 Å². The number of aliphatic hydroxyl groups excluding tert-OH is 1. The molecular formula is C14H16N2O4. The molecule has 2 aromatic rings. The summed E-state index contributed by atoms with van der Waals surface area (Å²) < 4.78 is 9.99. The molecule has 6 nitrogen and oxygen atoms in total. The highest BCUT2D eigenvalue weighted by Crippen LogP contribution is 2.12. The predicted molar refractivity (Wildman–Crippen MR) is 71.1 cm³/mol. The number of aryl methyl sites for hydroxylation is 1. The lowest BCUT2D eigenvalue weighted by molar-refractivity contribution is -0.124. The van der Waals surface area contributed by atoms with Gasteiger partial charge in [-0.15, -0.1) is 0 Å². The van der Waals surface area contributed by atoms with E-state index in [4.69, 9.17) is 9.26 Å². The van der Waals surface area contributed by atoms with Crippen LogP contribution in [0.2, 0.25) is 0 Å². The van der Waals surface area contributed by atoms with E-state index in [0.717, 1.165) is 5.56 Å². The SMILES string of the molecule is Cc1cc(OCC(=O)NC(CO)c2ccccc2)no1. The third-order valence-corrected chi connectivity index (χ3v) is 2.68. The summed E-state index contributed by atoms with van der Waals surface area (Å²) in [7, 11) is 0. The number of benzene rings is 1. The van der Waals surface area contributed by atoms with E-state index in [9.17, 15) is 9.90 Å². The van der Waals surface area contributed by atoms with Gasteiger partial charge in [0, 0.05) is 6.07 Å². The maximum Gasteiger partial charge on any atom is 0.258 e. The molecule has 2 rings (SSSR count). The van der Waals surface area contributed by atoms with Crippen LogP contribution in [0, 0.1) is 6.92 Å². The van der Waals surface area contributed by atoms with Gasteiger partial charge in [-0.2, -0.15) is 0 Å². The van der Waals surface area contributed by atoms with Crippen LogP contribution in [0.15, 0.2) is 40.9 Å². The maximum absolute atomic E-state index is 11.8. The molecule has 0 radical (unpaired) electrons. The van der Waals surface area contributed by atoms with Gasteiger partial charge < -0.3 is 19.7 Å². The van der Waals surface area contributed by atoms with Crippen LogP contribution in [0.1, 0.15) is 17.4 Å². The summed E-state index contributed by atoms with van der Waals surface area (Å²) in [5.74, 6) is 0.532. The molecule has 0 aliphatic carbocycles. The van der Waals surface area contributed by atoms with Crippen LogP contribution >= 0.6 is 0 Å². The number of aromatic nitrogens is 1. The van der Waals surface area contributed by atoms with Crippen molar-refractivity contribution in [1.29, 1.82) is 0 Å². The van der Waals surface area contributed by atoms with Crippen LogP contribution < -0.4 is 10.1 Å². The molecule has 6 heteroatoms. The second kappa shape index (κ2) is 6.72. The van der Waals surface area contributed by atoms with Crippen molar-refractivity contribution < 1.29 is 19.2 Å². The van der Waals surface area contributed by atoms with E-state index < -0.39 is 6.04 Å². The van der Waals surface area contributed by atoms with Gasteiger partial charge >= 0.3 is 0 Å². The standard InChI is InChI=1S/C14H16N2O4/c1-10-7-14(16-20-10)19-9-13(18)15-12(8-17)11-5-3-2-4-6-11/h2-7,12,17H,8-9H2,1H3,(H,15,18). The first-order valence-electron chi connectivity index (χ1n) is 6.20. The second-order valence-corrected chi connectivity index (χ2v) is 4.28. The van der Waals surface area contributed by atoms with Crippen LogP contribution in [0.3, 0.4) is 0 Å². The van der Waals surface area contributed by atoms with Gasteiger partial charge in [0.05, 0.1) is 12.6 Å². The summed E-state index contributed by atoms with van der Waals surface area (Å²) in [5.41, 5.74) is 0.834. The molecule has 1 heterocycles. The molecular weight excluding hydrogens is 260 g/mol. The first-order valence-corrected chi connectivity index (χ1v) is 6.20. The minimum absolute atomic E-state index is 0.182. The minimum atomic E-state index is -0.452. The van der Waals surface area contributed by atoms with E-state index in [1.807, 2.05) is 30.3 Å². The van der Waals surface area contributed by atoms with Gasteiger partial charge in [0.1, 0.15) is 5.76 Å². The van der Waals surface area contributed by atoms with Crippen LogP contribution in [0.25, 0.3) is 0 Å². The molecule has 1 unspecified atom stereocenters. The van der Waals surface area contributed by atoms with Gasteiger partial charge in [-0.05, 0) is 17.6 Å². The fourth-order valence-electron chi connectivity index (χ4n) is 1.71. The molecule has 1 amide bonds. The van der Waals surface area contributed by atoms with E-state index in [0.29, 0.717) is 5.76 Å². The Morgan fingerprint density at radius 2 is 2.20 bits per heavy atom. The fraction of sp³-hybridized carbons (Fsp3) is 0.286. The first-order chi connectivity index (χ1) is 9.69. The number of carbonyl (C=O) groups excluding carboxylic acids is 1. The predicted octanol–water partition coefficient (Wildman–Crippen LogP) is 1.21. The summed E-state index contributed by atoms with van der Waals surface area (Å²) >= 11 is 0.